The van der Waals surface area contributed by atoms with Gasteiger partial charge in [-0.2, -0.15) is 0 Å². The average Bonchev–Trinajstić information content (AvgIpc) is 2.27. The predicted molar refractivity (Wildman–Crippen MR) is 67.0 cm³/mol. The molecule has 0 saturated heterocycles. The first-order valence-electron chi connectivity index (χ1n) is 6.23. The molecule has 1 aliphatic rings. The van der Waals surface area contributed by atoms with Crippen molar-refractivity contribution in [3.05, 3.63) is 34.9 Å². The summed E-state index contributed by atoms with van der Waals surface area (Å²) in [6.07, 6.45) is 5.56. The van der Waals surface area contributed by atoms with Crippen LogP contribution in [-0.4, -0.2) is 17.1 Å². The van der Waals surface area contributed by atoms with Gasteiger partial charge in [0.2, 0.25) is 0 Å². The van der Waals surface area contributed by atoms with Crippen LogP contribution in [0.3, 0.4) is 0 Å². The lowest BCUT2D eigenvalue weighted by molar-refractivity contribution is -0.137. The molecule has 1 aliphatic carbocycles. The highest BCUT2D eigenvalue weighted by molar-refractivity contribution is 5.67. The Kier molecular flexibility index (Phi) is 3.79. The molecule has 1 atom stereocenters. The van der Waals surface area contributed by atoms with Gasteiger partial charge in [-0.25, -0.2) is 0 Å². The maximum absolute atomic E-state index is 10.6. The lowest BCUT2D eigenvalue weighted by Gasteiger charge is -2.17. The molecule has 3 nitrogen and oxygen atoms in total. The van der Waals surface area contributed by atoms with Crippen LogP contribution in [0.2, 0.25) is 0 Å². The third kappa shape index (κ3) is 3.30. The van der Waals surface area contributed by atoms with Gasteiger partial charge in [0.25, 0.3) is 0 Å². The number of rotatable bonds is 4. The number of aryl methyl sites for hydroxylation is 2. The Morgan fingerprint density at radius 3 is 2.71 bits per heavy atom. The number of hydrogen-bond acceptors (Lipinski definition) is 2. The number of carboxylic acid groups (broad SMARTS) is 1. The molecule has 92 valence electrons. The summed E-state index contributed by atoms with van der Waals surface area (Å²) in [6.45, 7) is 0. The lowest BCUT2D eigenvalue weighted by atomic mass is 9.89. The van der Waals surface area contributed by atoms with Crippen LogP contribution >= 0.6 is 0 Å². The topological polar surface area (TPSA) is 63.3 Å². The van der Waals surface area contributed by atoms with E-state index in [0.29, 0.717) is 6.42 Å². The van der Waals surface area contributed by atoms with Gasteiger partial charge >= 0.3 is 5.97 Å². The van der Waals surface area contributed by atoms with Gasteiger partial charge in [-0.3, -0.25) is 4.79 Å². The van der Waals surface area contributed by atoms with Gasteiger partial charge in [0.1, 0.15) is 0 Å². The molecule has 0 spiro atoms. The number of nitrogens with two attached hydrogens (primary N) is 1. The van der Waals surface area contributed by atoms with Gasteiger partial charge < -0.3 is 10.8 Å². The monoisotopic (exact) mass is 233 g/mol. The molecule has 0 aliphatic heterocycles. The van der Waals surface area contributed by atoms with E-state index in [1.54, 1.807) is 0 Å². The van der Waals surface area contributed by atoms with Crippen molar-refractivity contribution in [2.24, 2.45) is 5.73 Å². The molecule has 3 heteroatoms. The molecular weight excluding hydrogens is 214 g/mol. The Balaban J connectivity index is 2.04. The molecule has 2 rings (SSSR count). The first kappa shape index (κ1) is 12.1. The summed E-state index contributed by atoms with van der Waals surface area (Å²) < 4.78 is 0. The fourth-order valence-electron chi connectivity index (χ4n) is 2.51. The molecule has 1 aromatic carbocycles. The van der Waals surface area contributed by atoms with E-state index in [0.717, 1.165) is 6.42 Å². The summed E-state index contributed by atoms with van der Waals surface area (Å²) in [5, 5.41) is 8.67. The molecule has 1 aromatic rings. The Bertz CT molecular complexity index is 415. The van der Waals surface area contributed by atoms with Gasteiger partial charge in [0.15, 0.2) is 0 Å². The minimum Gasteiger partial charge on any atom is -0.481 e. The number of benzene rings is 1. The zero-order valence-electron chi connectivity index (χ0n) is 9.98. The Morgan fingerprint density at radius 1 is 1.29 bits per heavy atom. The minimum atomic E-state index is -0.824. The smallest absolute Gasteiger partial charge is 0.304 e. The Hall–Kier alpha value is -1.35. The van der Waals surface area contributed by atoms with E-state index >= 15 is 0 Å². The summed E-state index contributed by atoms with van der Waals surface area (Å²) >= 11 is 0. The lowest BCUT2D eigenvalue weighted by Crippen LogP contribution is -2.26. The summed E-state index contributed by atoms with van der Waals surface area (Å²) in [7, 11) is 0. The molecular formula is C14H19NO2. The zero-order chi connectivity index (χ0) is 12.3. The largest absolute Gasteiger partial charge is 0.481 e. The maximum atomic E-state index is 10.6. The van der Waals surface area contributed by atoms with E-state index in [1.165, 1.54) is 36.0 Å². The molecule has 0 amide bonds. The number of hydrogen-bond donors (Lipinski definition) is 2. The quantitative estimate of drug-likeness (QED) is 0.835. The van der Waals surface area contributed by atoms with Crippen LogP contribution in [0.5, 0.6) is 0 Å². The van der Waals surface area contributed by atoms with Crippen LogP contribution in [0, 0.1) is 0 Å². The summed E-state index contributed by atoms with van der Waals surface area (Å²) in [6, 6.07) is 6.19. The van der Waals surface area contributed by atoms with Crippen molar-refractivity contribution in [3.8, 4) is 0 Å². The molecule has 3 N–H and O–H groups in total. The predicted octanol–water partition coefficient (Wildman–Crippen LogP) is 1.91. The number of aliphatic carboxylic acids is 1. The van der Waals surface area contributed by atoms with Crippen molar-refractivity contribution in [3.63, 3.8) is 0 Å². The molecule has 1 unspecified atom stereocenters. The molecule has 0 radical (unpaired) electrons. The van der Waals surface area contributed by atoms with Crippen molar-refractivity contribution in [2.75, 3.05) is 0 Å². The molecule has 0 fully saturated rings. The van der Waals surface area contributed by atoms with Crippen LogP contribution in [0.1, 0.15) is 36.0 Å². The molecule has 0 saturated carbocycles. The Morgan fingerprint density at radius 2 is 2.00 bits per heavy atom. The minimum absolute atomic E-state index is 0.0388. The average molecular weight is 233 g/mol. The first-order valence-corrected chi connectivity index (χ1v) is 6.23. The van der Waals surface area contributed by atoms with Crippen LogP contribution in [0.15, 0.2) is 18.2 Å². The fourth-order valence-corrected chi connectivity index (χ4v) is 2.51. The van der Waals surface area contributed by atoms with Crippen molar-refractivity contribution < 1.29 is 9.90 Å². The van der Waals surface area contributed by atoms with Crippen molar-refractivity contribution in [1.29, 1.82) is 0 Å². The van der Waals surface area contributed by atoms with E-state index in [4.69, 9.17) is 10.8 Å². The van der Waals surface area contributed by atoms with Gasteiger partial charge in [-0.15, -0.1) is 0 Å². The molecule has 0 bridgehead atoms. The highest BCUT2D eigenvalue weighted by atomic mass is 16.4. The normalized spacial score (nSPS) is 16.3. The maximum Gasteiger partial charge on any atom is 0.304 e. The second-order valence-corrected chi connectivity index (χ2v) is 4.87. The number of carboxylic acids is 1. The van der Waals surface area contributed by atoms with Gasteiger partial charge in [0.05, 0.1) is 6.42 Å². The zero-order valence-corrected chi connectivity index (χ0v) is 9.98. The standard InChI is InChI=1S/C14H19NO2/c15-13(9-14(16)17)8-10-5-6-11-3-1-2-4-12(11)7-10/h5-7,13H,1-4,8-9,15H2,(H,16,17). The molecule has 0 heterocycles. The first-order chi connectivity index (χ1) is 8.15. The summed E-state index contributed by atoms with van der Waals surface area (Å²) in [4.78, 5) is 10.6. The second kappa shape index (κ2) is 5.32. The van der Waals surface area contributed by atoms with Crippen molar-refractivity contribution in [2.45, 2.75) is 44.6 Å². The van der Waals surface area contributed by atoms with Crippen LogP contribution in [-0.2, 0) is 24.1 Å². The summed E-state index contributed by atoms with van der Waals surface area (Å²) in [5.41, 5.74) is 9.85. The Labute approximate surface area is 102 Å². The van der Waals surface area contributed by atoms with Crippen LogP contribution in [0.4, 0.5) is 0 Å². The third-order valence-electron chi connectivity index (χ3n) is 3.35. The van der Waals surface area contributed by atoms with Crippen LogP contribution < -0.4 is 5.73 Å². The van der Waals surface area contributed by atoms with Crippen molar-refractivity contribution >= 4 is 5.97 Å². The highest BCUT2D eigenvalue weighted by Crippen LogP contribution is 2.22. The van der Waals surface area contributed by atoms with E-state index in [1.807, 2.05) is 0 Å². The molecule has 0 aromatic heterocycles. The highest BCUT2D eigenvalue weighted by Gasteiger charge is 2.12. The van der Waals surface area contributed by atoms with Gasteiger partial charge in [-0.05, 0) is 48.8 Å². The SMILES string of the molecule is NC(CC(=O)O)Cc1ccc2c(c1)CCCC2. The number of carbonyl (C=O) groups is 1. The second-order valence-electron chi connectivity index (χ2n) is 4.87. The third-order valence-corrected chi connectivity index (χ3v) is 3.35. The van der Waals surface area contributed by atoms with E-state index in [2.05, 4.69) is 18.2 Å². The van der Waals surface area contributed by atoms with E-state index in [-0.39, 0.29) is 12.5 Å². The molecule has 17 heavy (non-hydrogen) atoms. The fraction of sp³-hybridized carbons (Fsp3) is 0.500. The van der Waals surface area contributed by atoms with Crippen molar-refractivity contribution in [1.82, 2.24) is 0 Å². The van der Waals surface area contributed by atoms with Gasteiger partial charge in [-0.1, -0.05) is 18.2 Å². The van der Waals surface area contributed by atoms with E-state index < -0.39 is 5.97 Å². The van der Waals surface area contributed by atoms with E-state index in [9.17, 15) is 4.79 Å². The number of fused-ring (bicyclic) bond motifs is 1. The van der Waals surface area contributed by atoms with Gasteiger partial charge in [0, 0.05) is 6.04 Å². The van der Waals surface area contributed by atoms with Crippen LogP contribution in [0.25, 0.3) is 0 Å². The summed E-state index contributed by atoms with van der Waals surface area (Å²) in [5.74, 6) is -0.824.